The molecule has 3 aromatic rings. The Morgan fingerprint density at radius 1 is 1.10 bits per heavy atom. The Kier molecular flexibility index (Phi) is 6.03. The minimum absolute atomic E-state index is 0.243. The van der Waals surface area contributed by atoms with E-state index in [2.05, 4.69) is 27.1 Å². The normalized spacial score (nSPS) is 15.3. The number of phenols is 1. The predicted octanol–water partition coefficient (Wildman–Crippen LogP) is 3.55. The molecular formula is C23H26N4O2. The van der Waals surface area contributed by atoms with Crippen molar-refractivity contribution in [2.45, 2.75) is 13.0 Å². The SMILES string of the molecule is C=CCc1cccc(/C=N/c2nc3ccccc3n2CCN2CCOCC2)c1O. The Balaban J connectivity index is 1.62. The van der Waals surface area contributed by atoms with E-state index in [0.717, 1.165) is 56.0 Å². The van der Waals surface area contributed by atoms with E-state index in [9.17, 15) is 5.11 Å². The summed E-state index contributed by atoms with van der Waals surface area (Å²) in [6.07, 6.45) is 4.08. The molecule has 1 aliphatic heterocycles. The number of benzene rings is 2. The molecule has 0 radical (unpaired) electrons. The van der Waals surface area contributed by atoms with Gasteiger partial charge in [-0.05, 0) is 30.2 Å². The second-order valence-electron chi connectivity index (χ2n) is 7.11. The van der Waals surface area contributed by atoms with Gasteiger partial charge in [0.1, 0.15) is 5.75 Å². The molecule has 150 valence electrons. The molecule has 1 saturated heterocycles. The van der Waals surface area contributed by atoms with E-state index in [1.807, 2.05) is 36.4 Å². The van der Waals surface area contributed by atoms with Gasteiger partial charge in [0.15, 0.2) is 0 Å². The lowest BCUT2D eigenvalue weighted by Crippen LogP contribution is -2.38. The maximum Gasteiger partial charge on any atom is 0.230 e. The number of hydrogen-bond donors (Lipinski definition) is 1. The molecule has 2 heterocycles. The minimum Gasteiger partial charge on any atom is -0.507 e. The molecule has 29 heavy (non-hydrogen) atoms. The predicted molar refractivity (Wildman–Crippen MR) is 116 cm³/mol. The monoisotopic (exact) mass is 390 g/mol. The van der Waals surface area contributed by atoms with Crippen LogP contribution in [0.15, 0.2) is 60.1 Å². The van der Waals surface area contributed by atoms with Gasteiger partial charge in [-0.3, -0.25) is 4.90 Å². The number of para-hydroxylation sites is 3. The summed E-state index contributed by atoms with van der Waals surface area (Å²) in [4.78, 5) is 11.7. The highest BCUT2D eigenvalue weighted by atomic mass is 16.5. The van der Waals surface area contributed by atoms with E-state index in [4.69, 9.17) is 9.72 Å². The number of aromatic nitrogens is 2. The average Bonchev–Trinajstić information content (AvgIpc) is 3.11. The van der Waals surface area contributed by atoms with Crippen molar-refractivity contribution in [2.24, 2.45) is 4.99 Å². The first-order valence-corrected chi connectivity index (χ1v) is 9.97. The van der Waals surface area contributed by atoms with Crippen LogP contribution in [0.25, 0.3) is 11.0 Å². The van der Waals surface area contributed by atoms with E-state index in [1.54, 1.807) is 12.3 Å². The molecule has 0 amide bonds. The molecule has 1 aliphatic rings. The van der Waals surface area contributed by atoms with Crippen LogP contribution in [-0.2, 0) is 17.7 Å². The number of aliphatic imine (C=N–C) groups is 1. The van der Waals surface area contributed by atoms with Crippen LogP contribution >= 0.6 is 0 Å². The topological polar surface area (TPSA) is 62.9 Å². The number of aromatic hydroxyl groups is 1. The molecule has 0 spiro atoms. The van der Waals surface area contributed by atoms with Gasteiger partial charge < -0.3 is 14.4 Å². The first kappa shape index (κ1) is 19.4. The number of fused-ring (bicyclic) bond motifs is 1. The highest BCUT2D eigenvalue weighted by molar-refractivity contribution is 5.86. The molecule has 4 rings (SSSR count). The summed E-state index contributed by atoms with van der Waals surface area (Å²) in [5.41, 5.74) is 3.50. The number of morpholine rings is 1. The zero-order valence-corrected chi connectivity index (χ0v) is 16.5. The van der Waals surface area contributed by atoms with Gasteiger partial charge in [-0.1, -0.05) is 30.3 Å². The number of imidazole rings is 1. The van der Waals surface area contributed by atoms with Crippen LogP contribution < -0.4 is 0 Å². The van der Waals surface area contributed by atoms with Crippen molar-refractivity contribution < 1.29 is 9.84 Å². The lowest BCUT2D eigenvalue weighted by Gasteiger charge is -2.26. The fourth-order valence-corrected chi connectivity index (χ4v) is 3.61. The van der Waals surface area contributed by atoms with Crippen LogP contribution in [0.1, 0.15) is 11.1 Å². The van der Waals surface area contributed by atoms with Gasteiger partial charge in [-0.2, -0.15) is 0 Å². The quantitative estimate of drug-likeness (QED) is 0.495. The van der Waals surface area contributed by atoms with Gasteiger partial charge >= 0.3 is 0 Å². The number of rotatable bonds is 7. The van der Waals surface area contributed by atoms with Crippen LogP contribution in [-0.4, -0.2) is 58.6 Å². The molecule has 0 atom stereocenters. The molecule has 6 nitrogen and oxygen atoms in total. The van der Waals surface area contributed by atoms with Gasteiger partial charge in [0.25, 0.3) is 0 Å². The molecule has 6 heteroatoms. The van der Waals surface area contributed by atoms with Crippen LogP contribution in [0.3, 0.4) is 0 Å². The summed E-state index contributed by atoms with van der Waals surface area (Å²) < 4.78 is 7.59. The summed E-state index contributed by atoms with van der Waals surface area (Å²) in [6, 6.07) is 13.7. The molecule has 0 unspecified atom stereocenters. The van der Waals surface area contributed by atoms with Crippen molar-refractivity contribution in [1.82, 2.24) is 14.5 Å². The van der Waals surface area contributed by atoms with Crippen molar-refractivity contribution in [3.63, 3.8) is 0 Å². The van der Waals surface area contributed by atoms with Gasteiger partial charge in [-0.15, -0.1) is 6.58 Å². The summed E-state index contributed by atoms with van der Waals surface area (Å²) in [7, 11) is 0. The van der Waals surface area contributed by atoms with Crippen LogP contribution in [0.2, 0.25) is 0 Å². The Labute approximate surface area is 170 Å². The third kappa shape index (κ3) is 4.39. The Hall–Kier alpha value is -2.96. The van der Waals surface area contributed by atoms with Crippen molar-refractivity contribution in [2.75, 3.05) is 32.8 Å². The fraction of sp³-hybridized carbons (Fsp3) is 0.304. The first-order chi connectivity index (χ1) is 14.3. The van der Waals surface area contributed by atoms with Crippen molar-refractivity contribution in [1.29, 1.82) is 0 Å². The highest BCUT2D eigenvalue weighted by Gasteiger charge is 2.14. The molecule has 0 saturated carbocycles. The van der Waals surface area contributed by atoms with Crippen LogP contribution in [0.5, 0.6) is 5.75 Å². The number of nitrogens with zero attached hydrogens (tertiary/aromatic N) is 4. The second kappa shape index (κ2) is 9.03. The summed E-state index contributed by atoms with van der Waals surface area (Å²) in [5, 5.41) is 10.5. The Morgan fingerprint density at radius 3 is 2.76 bits per heavy atom. The highest BCUT2D eigenvalue weighted by Crippen LogP contribution is 2.25. The summed E-state index contributed by atoms with van der Waals surface area (Å²) in [5.74, 6) is 0.889. The number of hydrogen-bond acceptors (Lipinski definition) is 5. The third-order valence-corrected chi connectivity index (χ3v) is 5.21. The van der Waals surface area contributed by atoms with Gasteiger partial charge in [0.05, 0.1) is 24.2 Å². The maximum absolute atomic E-state index is 10.5. The molecule has 1 aromatic heterocycles. The minimum atomic E-state index is 0.243. The first-order valence-electron chi connectivity index (χ1n) is 9.97. The van der Waals surface area contributed by atoms with E-state index in [1.165, 1.54) is 0 Å². The molecular weight excluding hydrogens is 364 g/mol. The van der Waals surface area contributed by atoms with E-state index in [-0.39, 0.29) is 5.75 Å². The number of phenolic OH excluding ortho intramolecular Hbond substituents is 1. The van der Waals surface area contributed by atoms with E-state index < -0.39 is 0 Å². The van der Waals surface area contributed by atoms with E-state index in [0.29, 0.717) is 17.9 Å². The maximum atomic E-state index is 10.5. The smallest absolute Gasteiger partial charge is 0.230 e. The summed E-state index contributed by atoms with van der Waals surface area (Å²) in [6.45, 7) is 8.95. The standard InChI is InChI=1S/C23H26N4O2/c1-2-6-18-7-5-8-19(22(18)28)17-24-23-25-20-9-3-4-10-21(20)27(23)12-11-26-13-15-29-16-14-26/h2-5,7-10,17,28H,1,6,11-16H2/b24-17+. The number of allylic oxidation sites excluding steroid dienone is 1. The molecule has 0 bridgehead atoms. The average molecular weight is 390 g/mol. The van der Waals surface area contributed by atoms with Gasteiger partial charge in [-0.25, -0.2) is 9.98 Å². The Bertz CT molecular complexity index is 1020. The molecule has 1 fully saturated rings. The largest absolute Gasteiger partial charge is 0.507 e. The van der Waals surface area contributed by atoms with Gasteiger partial charge in [0.2, 0.25) is 5.95 Å². The zero-order chi connectivity index (χ0) is 20.1. The lowest BCUT2D eigenvalue weighted by atomic mass is 10.1. The number of ether oxygens (including phenoxy) is 1. The van der Waals surface area contributed by atoms with Crippen molar-refractivity contribution in [3.05, 3.63) is 66.2 Å². The van der Waals surface area contributed by atoms with Crippen molar-refractivity contribution in [3.8, 4) is 5.75 Å². The Morgan fingerprint density at radius 2 is 1.93 bits per heavy atom. The lowest BCUT2D eigenvalue weighted by molar-refractivity contribution is 0.0366. The third-order valence-electron chi connectivity index (χ3n) is 5.21. The molecule has 1 N–H and O–H groups in total. The van der Waals surface area contributed by atoms with Crippen LogP contribution in [0, 0.1) is 0 Å². The molecule has 2 aromatic carbocycles. The van der Waals surface area contributed by atoms with Crippen LogP contribution in [0.4, 0.5) is 5.95 Å². The summed E-state index contributed by atoms with van der Waals surface area (Å²) >= 11 is 0. The van der Waals surface area contributed by atoms with E-state index >= 15 is 0 Å². The molecule has 0 aliphatic carbocycles. The zero-order valence-electron chi connectivity index (χ0n) is 16.5. The van der Waals surface area contributed by atoms with Crippen molar-refractivity contribution >= 4 is 23.2 Å². The van der Waals surface area contributed by atoms with Gasteiger partial charge in [0, 0.05) is 38.0 Å². The fourth-order valence-electron chi connectivity index (χ4n) is 3.61. The second-order valence-corrected chi connectivity index (χ2v) is 7.11.